The monoisotopic (exact) mass is 568 g/mol. The van der Waals surface area contributed by atoms with Gasteiger partial charge < -0.3 is 14.2 Å². The second kappa shape index (κ2) is 12.1. The van der Waals surface area contributed by atoms with E-state index in [1.807, 2.05) is 13.8 Å². The number of rotatable bonds is 12. The van der Waals surface area contributed by atoms with Gasteiger partial charge in [-0.2, -0.15) is 0 Å². The molecular weight excluding hydrogens is 540 g/mol. The lowest BCUT2D eigenvalue weighted by Gasteiger charge is -2.11. The molecule has 0 bridgehead atoms. The summed E-state index contributed by atoms with van der Waals surface area (Å²) < 4.78 is 72.3. The fourth-order valence-electron chi connectivity index (χ4n) is 3.51. The van der Waals surface area contributed by atoms with Crippen LogP contribution in [-0.4, -0.2) is 30.0 Å². The van der Waals surface area contributed by atoms with E-state index in [2.05, 4.69) is 9.44 Å². The van der Waals surface area contributed by atoms with Gasteiger partial charge in [0, 0.05) is 11.4 Å². The molecule has 0 aliphatic rings. The van der Waals surface area contributed by atoms with Gasteiger partial charge in [0.25, 0.3) is 20.0 Å². The number of benzene rings is 4. The first-order chi connectivity index (χ1) is 18.7. The van der Waals surface area contributed by atoms with Gasteiger partial charge in [0.1, 0.15) is 23.0 Å². The van der Waals surface area contributed by atoms with Gasteiger partial charge in [-0.25, -0.2) is 16.8 Å². The van der Waals surface area contributed by atoms with Crippen molar-refractivity contribution in [1.29, 1.82) is 0 Å². The van der Waals surface area contributed by atoms with Crippen LogP contribution in [0.2, 0.25) is 0 Å². The predicted molar refractivity (Wildman–Crippen MR) is 150 cm³/mol. The molecule has 0 amide bonds. The first kappa shape index (κ1) is 27.8. The lowest BCUT2D eigenvalue weighted by molar-refractivity contribution is 0.340. The Balaban J connectivity index is 1.36. The van der Waals surface area contributed by atoms with Crippen molar-refractivity contribution in [2.45, 2.75) is 23.6 Å². The van der Waals surface area contributed by atoms with Crippen LogP contribution >= 0.6 is 0 Å². The molecule has 9 nitrogen and oxygen atoms in total. The van der Waals surface area contributed by atoms with Gasteiger partial charge in [-0.3, -0.25) is 9.44 Å². The number of anilines is 2. The molecule has 0 saturated heterocycles. The molecule has 0 radical (unpaired) electrons. The maximum Gasteiger partial charge on any atom is 0.261 e. The van der Waals surface area contributed by atoms with Crippen molar-refractivity contribution >= 4 is 31.4 Å². The maximum atomic E-state index is 12.7. The Morgan fingerprint density at radius 3 is 1.10 bits per heavy atom. The molecular formula is C28H28N2O7S2. The van der Waals surface area contributed by atoms with Gasteiger partial charge >= 0.3 is 0 Å². The number of nitrogens with one attached hydrogen (secondary N) is 2. The summed E-state index contributed by atoms with van der Waals surface area (Å²) in [5, 5.41) is 0. The molecule has 204 valence electrons. The normalized spacial score (nSPS) is 11.4. The molecule has 0 heterocycles. The second-order valence-electron chi connectivity index (χ2n) is 8.17. The minimum absolute atomic E-state index is 0.115. The third-order valence-electron chi connectivity index (χ3n) is 5.34. The molecule has 39 heavy (non-hydrogen) atoms. The van der Waals surface area contributed by atoms with Gasteiger partial charge in [0.2, 0.25) is 0 Å². The summed E-state index contributed by atoms with van der Waals surface area (Å²) in [6.07, 6.45) is 0. The molecule has 0 saturated carbocycles. The smallest absolute Gasteiger partial charge is 0.261 e. The van der Waals surface area contributed by atoms with Crippen molar-refractivity contribution in [2.24, 2.45) is 0 Å². The van der Waals surface area contributed by atoms with Crippen LogP contribution in [0, 0.1) is 0 Å². The van der Waals surface area contributed by atoms with Crippen molar-refractivity contribution in [3.8, 4) is 23.0 Å². The molecule has 0 unspecified atom stereocenters. The summed E-state index contributed by atoms with van der Waals surface area (Å²) in [7, 11) is -7.54. The molecule has 0 aliphatic heterocycles. The van der Waals surface area contributed by atoms with Gasteiger partial charge in [-0.05, 0) is 111 Å². The third-order valence-corrected chi connectivity index (χ3v) is 8.13. The summed E-state index contributed by atoms with van der Waals surface area (Å²) in [6, 6.07) is 25.2. The van der Waals surface area contributed by atoms with Crippen molar-refractivity contribution in [1.82, 2.24) is 0 Å². The highest BCUT2D eigenvalue weighted by Gasteiger charge is 2.16. The highest BCUT2D eigenvalue weighted by Crippen LogP contribution is 2.27. The zero-order valence-corrected chi connectivity index (χ0v) is 23.0. The average Bonchev–Trinajstić information content (AvgIpc) is 2.92. The minimum atomic E-state index is -3.77. The highest BCUT2D eigenvalue weighted by atomic mass is 32.2. The van der Waals surface area contributed by atoms with E-state index in [4.69, 9.17) is 14.2 Å². The van der Waals surface area contributed by atoms with Crippen LogP contribution in [0.25, 0.3) is 0 Å². The van der Waals surface area contributed by atoms with Gasteiger partial charge in [0.05, 0.1) is 23.0 Å². The van der Waals surface area contributed by atoms with Crippen molar-refractivity contribution in [3.63, 3.8) is 0 Å². The summed E-state index contributed by atoms with van der Waals surface area (Å²) in [5.41, 5.74) is 0.741. The molecule has 4 aromatic carbocycles. The topological polar surface area (TPSA) is 120 Å². The van der Waals surface area contributed by atoms with E-state index in [1.54, 1.807) is 72.8 Å². The molecule has 4 aromatic rings. The molecule has 0 fully saturated rings. The van der Waals surface area contributed by atoms with Crippen LogP contribution in [0.1, 0.15) is 13.8 Å². The zero-order chi connectivity index (χ0) is 27.9. The largest absolute Gasteiger partial charge is 0.494 e. The molecule has 2 N–H and O–H groups in total. The van der Waals surface area contributed by atoms with Gasteiger partial charge in [-0.1, -0.05) is 0 Å². The summed E-state index contributed by atoms with van der Waals surface area (Å²) in [5.74, 6) is 2.13. The Labute approximate surface area is 228 Å². The van der Waals surface area contributed by atoms with Crippen molar-refractivity contribution in [3.05, 3.63) is 97.1 Å². The van der Waals surface area contributed by atoms with Gasteiger partial charge in [0.15, 0.2) is 0 Å². The third kappa shape index (κ3) is 7.43. The standard InChI is InChI=1S/C28H28N2O7S2/c1-3-35-23-13-17-27(18-14-23)38(31,32)29-21-5-9-25(10-6-21)37-26-11-7-22(8-12-26)30-39(33,34)28-19-15-24(16-20-28)36-4-2/h5-20,29-30H,3-4H2,1-2H3. The number of hydrogen-bond acceptors (Lipinski definition) is 7. The predicted octanol–water partition coefficient (Wildman–Crippen LogP) is 5.88. The Morgan fingerprint density at radius 1 is 0.487 bits per heavy atom. The van der Waals surface area contributed by atoms with E-state index in [0.29, 0.717) is 47.6 Å². The van der Waals surface area contributed by atoms with Gasteiger partial charge in [-0.15, -0.1) is 0 Å². The fraction of sp³-hybridized carbons (Fsp3) is 0.143. The van der Waals surface area contributed by atoms with Crippen molar-refractivity contribution < 1.29 is 31.0 Å². The van der Waals surface area contributed by atoms with E-state index in [0.717, 1.165) is 0 Å². The fourth-order valence-corrected chi connectivity index (χ4v) is 5.63. The van der Waals surface area contributed by atoms with Crippen LogP contribution in [0.4, 0.5) is 11.4 Å². The Hall–Kier alpha value is -4.22. The number of hydrogen-bond donors (Lipinski definition) is 2. The van der Waals surface area contributed by atoms with Crippen LogP contribution in [0.3, 0.4) is 0 Å². The Kier molecular flexibility index (Phi) is 8.62. The summed E-state index contributed by atoms with van der Waals surface area (Å²) in [6.45, 7) is 4.69. The molecule has 0 aromatic heterocycles. The molecule has 0 atom stereocenters. The van der Waals surface area contributed by atoms with Crippen LogP contribution < -0.4 is 23.7 Å². The molecule has 0 spiro atoms. The van der Waals surface area contributed by atoms with E-state index < -0.39 is 20.0 Å². The van der Waals surface area contributed by atoms with Crippen LogP contribution in [0.15, 0.2) is 107 Å². The summed E-state index contributed by atoms with van der Waals surface area (Å²) >= 11 is 0. The van der Waals surface area contributed by atoms with E-state index in [-0.39, 0.29) is 9.79 Å². The lowest BCUT2D eigenvalue weighted by Crippen LogP contribution is -2.12. The Bertz CT molecular complexity index is 1460. The van der Waals surface area contributed by atoms with E-state index in [9.17, 15) is 16.8 Å². The molecule has 0 aliphatic carbocycles. The highest BCUT2D eigenvalue weighted by molar-refractivity contribution is 7.93. The van der Waals surface area contributed by atoms with Crippen LogP contribution in [-0.2, 0) is 20.0 Å². The lowest BCUT2D eigenvalue weighted by atomic mass is 10.3. The van der Waals surface area contributed by atoms with Crippen molar-refractivity contribution in [2.75, 3.05) is 22.7 Å². The molecule has 11 heteroatoms. The first-order valence-corrected chi connectivity index (χ1v) is 15.0. The number of ether oxygens (including phenoxy) is 3. The first-order valence-electron chi connectivity index (χ1n) is 12.1. The molecule has 4 rings (SSSR count). The average molecular weight is 569 g/mol. The summed E-state index contributed by atoms with van der Waals surface area (Å²) in [4.78, 5) is 0.231. The Morgan fingerprint density at radius 2 is 0.795 bits per heavy atom. The van der Waals surface area contributed by atoms with E-state index >= 15 is 0 Å². The maximum absolute atomic E-state index is 12.7. The quantitative estimate of drug-likeness (QED) is 0.219. The number of sulfonamides is 2. The van der Waals surface area contributed by atoms with E-state index in [1.165, 1.54) is 24.3 Å². The second-order valence-corrected chi connectivity index (χ2v) is 11.5. The van der Waals surface area contributed by atoms with Crippen LogP contribution in [0.5, 0.6) is 23.0 Å². The minimum Gasteiger partial charge on any atom is -0.494 e. The zero-order valence-electron chi connectivity index (χ0n) is 21.3. The SMILES string of the molecule is CCOc1ccc(S(=O)(=O)Nc2ccc(Oc3ccc(NS(=O)(=O)c4ccc(OCC)cc4)cc3)cc2)cc1.